The van der Waals surface area contributed by atoms with Gasteiger partial charge in [0.2, 0.25) is 0 Å². The number of aromatic hydroxyl groups is 2. The van der Waals surface area contributed by atoms with Crippen LogP contribution < -0.4 is 0 Å². The Morgan fingerprint density at radius 2 is 1.29 bits per heavy atom. The van der Waals surface area contributed by atoms with Crippen LogP contribution in [0.1, 0.15) is 16.7 Å². The van der Waals surface area contributed by atoms with Crippen molar-refractivity contribution in [2.24, 2.45) is 0 Å². The average molecular weight is 300 g/mol. The lowest BCUT2D eigenvalue weighted by molar-refractivity contribution is -0.137. The lowest BCUT2D eigenvalue weighted by Crippen LogP contribution is -2.08. The van der Waals surface area contributed by atoms with E-state index < -0.39 is 40.2 Å². The quantitative estimate of drug-likeness (QED) is 0.759. The van der Waals surface area contributed by atoms with E-state index in [4.69, 9.17) is 0 Å². The van der Waals surface area contributed by atoms with E-state index in [1.807, 2.05) is 0 Å². The van der Waals surface area contributed by atoms with Crippen LogP contribution >= 0.6 is 0 Å². The summed E-state index contributed by atoms with van der Waals surface area (Å²) in [5.41, 5.74) is -2.09. The largest absolute Gasteiger partial charge is 0.507 e. The van der Waals surface area contributed by atoms with Gasteiger partial charge in [0.1, 0.15) is 17.3 Å². The number of rotatable bonds is 1. The van der Waals surface area contributed by atoms with Crippen molar-refractivity contribution in [2.75, 3.05) is 0 Å². The van der Waals surface area contributed by atoms with Crippen molar-refractivity contribution < 1.29 is 27.8 Å². The van der Waals surface area contributed by atoms with E-state index in [2.05, 4.69) is 0 Å². The van der Waals surface area contributed by atoms with Crippen LogP contribution in [0.2, 0.25) is 0 Å². The van der Waals surface area contributed by atoms with Gasteiger partial charge in [0.25, 0.3) is 0 Å². The van der Waals surface area contributed by atoms with Gasteiger partial charge in [-0.3, -0.25) is 0 Å². The van der Waals surface area contributed by atoms with Crippen molar-refractivity contribution >= 4 is 0 Å². The lowest BCUT2D eigenvalue weighted by Gasteiger charge is -2.17. The minimum Gasteiger partial charge on any atom is -0.507 e. The van der Waals surface area contributed by atoms with Crippen molar-refractivity contribution in [3.8, 4) is 22.6 Å². The van der Waals surface area contributed by atoms with Crippen LogP contribution in [-0.2, 0) is 6.18 Å². The maximum absolute atomic E-state index is 14.0. The van der Waals surface area contributed by atoms with Gasteiger partial charge in [0.05, 0.1) is 11.1 Å². The molecule has 2 aromatic carbocycles. The number of phenols is 2. The molecule has 0 aliphatic carbocycles. The van der Waals surface area contributed by atoms with Crippen LogP contribution in [0.25, 0.3) is 11.1 Å². The number of phenolic OH excluding ortho intramolecular Hbond substituents is 2. The molecule has 0 aliphatic rings. The molecule has 0 saturated heterocycles. The van der Waals surface area contributed by atoms with Gasteiger partial charge < -0.3 is 10.2 Å². The number of hydrogen-bond acceptors (Lipinski definition) is 2. The zero-order valence-electron chi connectivity index (χ0n) is 11.2. The molecule has 2 N–H and O–H groups in total. The van der Waals surface area contributed by atoms with Gasteiger partial charge >= 0.3 is 6.18 Å². The van der Waals surface area contributed by atoms with Gasteiger partial charge in [0.15, 0.2) is 0 Å². The van der Waals surface area contributed by atoms with Crippen molar-refractivity contribution in [3.63, 3.8) is 0 Å². The molecule has 0 amide bonds. The molecule has 112 valence electrons. The Morgan fingerprint density at radius 1 is 0.810 bits per heavy atom. The molecule has 2 rings (SSSR count). The van der Waals surface area contributed by atoms with E-state index in [1.165, 1.54) is 13.8 Å². The molecule has 0 heterocycles. The fourth-order valence-corrected chi connectivity index (χ4v) is 2.22. The maximum atomic E-state index is 14.0. The van der Waals surface area contributed by atoms with Crippen LogP contribution in [0.15, 0.2) is 24.3 Å². The number of hydrogen-bond donors (Lipinski definition) is 2. The highest BCUT2D eigenvalue weighted by atomic mass is 19.4. The first-order chi connectivity index (χ1) is 9.61. The van der Waals surface area contributed by atoms with Crippen molar-refractivity contribution in [1.29, 1.82) is 0 Å². The second-order valence-corrected chi connectivity index (χ2v) is 4.85. The SMILES string of the molecule is Cc1cc(O)c(-c2c(O)cc(C)cc2C(F)(F)F)c(F)c1. The van der Waals surface area contributed by atoms with Crippen LogP contribution in [0.5, 0.6) is 11.5 Å². The summed E-state index contributed by atoms with van der Waals surface area (Å²) in [4.78, 5) is 0. The maximum Gasteiger partial charge on any atom is 0.417 e. The summed E-state index contributed by atoms with van der Waals surface area (Å²) in [6.45, 7) is 2.87. The zero-order valence-corrected chi connectivity index (χ0v) is 11.2. The molecule has 2 aromatic rings. The zero-order chi connectivity index (χ0) is 15.9. The van der Waals surface area contributed by atoms with Crippen molar-refractivity contribution in [2.45, 2.75) is 20.0 Å². The van der Waals surface area contributed by atoms with Gasteiger partial charge in [-0.15, -0.1) is 0 Å². The van der Waals surface area contributed by atoms with E-state index >= 15 is 0 Å². The second-order valence-electron chi connectivity index (χ2n) is 4.85. The molecule has 21 heavy (non-hydrogen) atoms. The summed E-state index contributed by atoms with van der Waals surface area (Å²) in [7, 11) is 0. The monoisotopic (exact) mass is 300 g/mol. The molecule has 0 aromatic heterocycles. The van der Waals surface area contributed by atoms with Crippen molar-refractivity contribution in [3.05, 3.63) is 46.8 Å². The van der Waals surface area contributed by atoms with Crippen molar-refractivity contribution in [1.82, 2.24) is 0 Å². The second kappa shape index (κ2) is 4.95. The Labute approximate surface area is 118 Å². The number of benzene rings is 2. The van der Waals surface area contributed by atoms with E-state index in [1.54, 1.807) is 0 Å². The molecule has 0 radical (unpaired) electrons. The molecule has 0 saturated carbocycles. The fourth-order valence-electron chi connectivity index (χ4n) is 2.22. The summed E-state index contributed by atoms with van der Waals surface area (Å²) in [5, 5.41) is 19.6. The smallest absolute Gasteiger partial charge is 0.417 e. The first-order valence-electron chi connectivity index (χ1n) is 6.01. The molecule has 0 spiro atoms. The van der Waals surface area contributed by atoms with Gasteiger partial charge in [-0.05, 0) is 49.2 Å². The third-order valence-corrected chi connectivity index (χ3v) is 3.03. The summed E-state index contributed by atoms with van der Waals surface area (Å²) in [6.07, 6.45) is -4.79. The Balaban J connectivity index is 2.88. The van der Waals surface area contributed by atoms with E-state index in [-0.39, 0.29) is 5.56 Å². The van der Waals surface area contributed by atoms with Gasteiger partial charge in [-0.25, -0.2) is 4.39 Å². The van der Waals surface area contributed by atoms with Crippen LogP contribution in [0.4, 0.5) is 17.6 Å². The fraction of sp³-hybridized carbons (Fsp3) is 0.200. The first-order valence-corrected chi connectivity index (χ1v) is 6.01. The molecule has 6 heteroatoms. The molecular weight excluding hydrogens is 288 g/mol. The number of alkyl halides is 3. The van der Waals surface area contributed by atoms with Crippen LogP contribution in [-0.4, -0.2) is 10.2 Å². The Kier molecular flexibility index (Phi) is 3.57. The third kappa shape index (κ3) is 2.79. The molecule has 0 bridgehead atoms. The Bertz CT molecular complexity index is 683. The number of aryl methyl sites for hydroxylation is 2. The predicted octanol–water partition coefficient (Wildman–Crippen LogP) is 4.54. The van der Waals surface area contributed by atoms with E-state index in [0.717, 1.165) is 24.3 Å². The predicted molar refractivity (Wildman–Crippen MR) is 69.6 cm³/mol. The minimum absolute atomic E-state index is 0.176. The van der Waals surface area contributed by atoms with Gasteiger partial charge in [-0.2, -0.15) is 13.2 Å². The highest BCUT2D eigenvalue weighted by Crippen LogP contribution is 2.46. The molecule has 0 aliphatic heterocycles. The third-order valence-electron chi connectivity index (χ3n) is 3.03. The lowest BCUT2D eigenvalue weighted by atomic mass is 9.94. The highest BCUT2D eigenvalue weighted by Gasteiger charge is 2.36. The first kappa shape index (κ1) is 15.2. The number of halogens is 4. The minimum atomic E-state index is -4.79. The van der Waals surface area contributed by atoms with Crippen LogP contribution in [0, 0.1) is 19.7 Å². The standard InChI is InChI=1S/C15H12F4O2/c1-7-3-9(15(17,18)19)13(11(20)5-7)14-10(16)4-8(2)6-12(14)21/h3-6,20-21H,1-2H3. The molecule has 0 fully saturated rings. The topological polar surface area (TPSA) is 40.5 Å². The highest BCUT2D eigenvalue weighted by molar-refractivity contribution is 5.80. The van der Waals surface area contributed by atoms with E-state index in [9.17, 15) is 27.8 Å². The normalized spacial score (nSPS) is 11.7. The van der Waals surface area contributed by atoms with Gasteiger partial charge in [0, 0.05) is 5.56 Å². The molecule has 0 atom stereocenters. The molecular formula is C15H12F4O2. The summed E-state index contributed by atoms with van der Waals surface area (Å²) in [5.74, 6) is -2.42. The Morgan fingerprint density at radius 3 is 1.76 bits per heavy atom. The van der Waals surface area contributed by atoms with Gasteiger partial charge in [-0.1, -0.05) is 0 Å². The van der Waals surface area contributed by atoms with Crippen LogP contribution in [0.3, 0.4) is 0 Å². The Hall–Kier alpha value is -2.24. The molecule has 2 nitrogen and oxygen atoms in total. The summed E-state index contributed by atoms with van der Waals surface area (Å²) < 4.78 is 53.4. The summed E-state index contributed by atoms with van der Waals surface area (Å²) >= 11 is 0. The summed E-state index contributed by atoms with van der Waals surface area (Å²) in [6, 6.07) is 4.02. The molecule has 0 unspecified atom stereocenters. The average Bonchev–Trinajstić information content (AvgIpc) is 2.28. The van der Waals surface area contributed by atoms with E-state index in [0.29, 0.717) is 5.56 Å².